The van der Waals surface area contributed by atoms with E-state index in [1.54, 1.807) is 0 Å². The Bertz CT molecular complexity index is 350. The van der Waals surface area contributed by atoms with Gasteiger partial charge in [0.1, 0.15) is 0 Å². The Labute approximate surface area is 122 Å². The zero-order valence-corrected chi connectivity index (χ0v) is 12.7. The van der Waals surface area contributed by atoms with Crippen molar-refractivity contribution in [2.24, 2.45) is 17.6 Å². The second kappa shape index (κ2) is 6.02. The van der Waals surface area contributed by atoms with Gasteiger partial charge in [0.05, 0.1) is 5.92 Å². The largest absolute Gasteiger partial charge is 0.353 e. The summed E-state index contributed by atoms with van der Waals surface area (Å²) in [4.78, 5) is 15.2. The Balaban J connectivity index is 1.55. The van der Waals surface area contributed by atoms with Gasteiger partial charge in [-0.3, -0.25) is 4.79 Å². The number of rotatable bonds is 2. The molecule has 3 N–H and O–H groups in total. The number of nitrogens with one attached hydrogen (secondary N) is 1. The standard InChI is InChI=1S/C16H29N3O/c1-11-4-2-6-14(17)15(11)16(20)18-12-7-9-19-8-3-5-13(19)10-12/h11-15H,2-10,17H2,1H3,(H,18,20). The van der Waals surface area contributed by atoms with Crippen molar-refractivity contribution in [1.82, 2.24) is 10.2 Å². The maximum atomic E-state index is 12.6. The molecule has 4 nitrogen and oxygen atoms in total. The normalized spacial score (nSPS) is 42.2. The second-order valence-corrected chi connectivity index (χ2v) is 7.16. The van der Waals surface area contributed by atoms with Crippen molar-refractivity contribution in [2.75, 3.05) is 13.1 Å². The van der Waals surface area contributed by atoms with Crippen molar-refractivity contribution >= 4 is 5.91 Å². The fourth-order valence-corrected chi connectivity index (χ4v) is 4.56. The number of amides is 1. The number of carbonyl (C=O) groups excluding carboxylic acids is 1. The maximum absolute atomic E-state index is 12.6. The van der Waals surface area contributed by atoms with Gasteiger partial charge in [0, 0.05) is 24.7 Å². The lowest BCUT2D eigenvalue weighted by molar-refractivity contribution is -0.129. The van der Waals surface area contributed by atoms with E-state index in [2.05, 4.69) is 17.1 Å². The number of piperidine rings is 1. The third-order valence-corrected chi connectivity index (χ3v) is 5.74. The van der Waals surface area contributed by atoms with Gasteiger partial charge in [-0.05, 0) is 51.0 Å². The summed E-state index contributed by atoms with van der Waals surface area (Å²) in [5.74, 6) is 0.692. The van der Waals surface area contributed by atoms with Crippen LogP contribution >= 0.6 is 0 Å². The molecule has 1 amide bonds. The van der Waals surface area contributed by atoms with Gasteiger partial charge < -0.3 is 16.0 Å². The average molecular weight is 279 g/mol. The van der Waals surface area contributed by atoms with Crippen LogP contribution in [0, 0.1) is 11.8 Å². The van der Waals surface area contributed by atoms with Crippen molar-refractivity contribution in [3.05, 3.63) is 0 Å². The fraction of sp³-hybridized carbons (Fsp3) is 0.938. The number of nitrogens with zero attached hydrogens (tertiary/aromatic N) is 1. The smallest absolute Gasteiger partial charge is 0.225 e. The Morgan fingerprint density at radius 3 is 2.80 bits per heavy atom. The summed E-state index contributed by atoms with van der Waals surface area (Å²) in [7, 11) is 0. The molecule has 0 aromatic heterocycles. The molecule has 2 saturated heterocycles. The van der Waals surface area contributed by atoms with Gasteiger partial charge >= 0.3 is 0 Å². The van der Waals surface area contributed by atoms with Crippen molar-refractivity contribution in [3.8, 4) is 0 Å². The lowest BCUT2D eigenvalue weighted by Crippen LogP contribution is -2.53. The number of fused-ring (bicyclic) bond motifs is 1. The van der Waals surface area contributed by atoms with Crippen LogP contribution in [0.5, 0.6) is 0 Å². The molecule has 3 fully saturated rings. The van der Waals surface area contributed by atoms with Gasteiger partial charge in [-0.25, -0.2) is 0 Å². The first kappa shape index (κ1) is 14.3. The van der Waals surface area contributed by atoms with Gasteiger partial charge in [-0.2, -0.15) is 0 Å². The van der Waals surface area contributed by atoms with E-state index in [-0.39, 0.29) is 17.9 Å². The Morgan fingerprint density at radius 1 is 1.15 bits per heavy atom. The molecule has 5 atom stereocenters. The summed E-state index contributed by atoms with van der Waals surface area (Å²) in [6, 6.07) is 1.15. The predicted octanol–water partition coefficient (Wildman–Crippen LogP) is 1.49. The first-order valence-electron chi connectivity index (χ1n) is 8.45. The highest BCUT2D eigenvalue weighted by Crippen LogP contribution is 2.30. The van der Waals surface area contributed by atoms with Crippen LogP contribution in [0.25, 0.3) is 0 Å². The molecule has 5 unspecified atom stereocenters. The molecule has 114 valence electrons. The number of carbonyl (C=O) groups is 1. The lowest BCUT2D eigenvalue weighted by atomic mass is 9.76. The quantitative estimate of drug-likeness (QED) is 0.805. The van der Waals surface area contributed by atoms with Crippen LogP contribution in [0.2, 0.25) is 0 Å². The SMILES string of the molecule is CC1CCCC(N)C1C(=O)NC1CCN2CCCC2C1. The van der Waals surface area contributed by atoms with Crippen molar-refractivity contribution in [1.29, 1.82) is 0 Å². The van der Waals surface area contributed by atoms with Crippen molar-refractivity contribution < 1.29 is 4.79 Å². The van der Waals surface area contributed by atoms with Crippen LogP contribution in [-0.4, -0.2) is 42.0 Å². The summed E-state index contributed by atoms with van der Waals surface area (Å²) in [5.41, 5.74) is 6.19. The summed E-state index contributed by atoms with van der Waals surface area (Å²) >= 11 is 0. The molecule has 1 aliphatic carbocycles. The van der Waals surface area contributed by atoms with Crippen molar-refractivity contribution in [2.45, 2.75) is 70.0 Å². The van der Waals surface area contributed by atoms with Gasteiger partial charge in [0.2, 0.25) is 5.91 Å². The van der Waals surface area contributed by atoms with Crippen LogP contribution in [0.1, 0.15) is 51.9 Å². The molecule has 1 saturated carbocycles. The van der Waals surface area contributed by atoms with E-state index >= 15 is 0 Å². The number of nitrogens with two attached hydrogens (primary N) is 1. The highest BCUT2D eigenvalue weighted by atomic mass is 16.2. The van der Waals surface area contributed by atoms with E-state index in [0.29, 0.717) is 18.0 Å². The van der Waals surface area contributed by atoms with E-state index in [4.69, 9.17) is 5.73 Å². The molecule has 2 heterocycles. The Kier molecular flexibility index (Phi) is 4.32. The highest BCUT2D eigenvalue weighted by Gasteiger charge is 2.37. The van der Waals surface area contributed by atoms with Crippen LogP contribution < -0.4 is 11.1 Å². The minimum absolute atomic E-state index is 0.0327. The Hall–Kier alpha value is -0.610. The Morgan fingerprint density at radius 2 is 2.00 bits per heavy atom. The third kappa shape index (κ3) is 2.86. The van der Waals surface area contributed by atoms with Gasteiger partial charge in [0.25, 0.3) is 0 Å². The molecule has 0 aromatic carbocycles. The van der Waals surface area contributed by atoms with Gasteiger partial charge in [-0.1, -0.05) is 13.3 Å². The zero-order valence-electron chi connectivity index (χ0n) is 12.7. The minimum Gasteiger partial charge on any atom is -0.353 e. The monoisotopic (exact) mass is 279 g/mol. The van der Waals surface area contributed by atoms with Crippen LogP contribution in [-0.2, 0) is 4.79 Å². The number of hydrogen-bond acceptors (Lipinski definition) is 3. The van der Waals surface area contributed by atoms with Crippen LogP contribution in [0.15, 0.2) is 0 Å². The van der Waals surface area contributed by atoms with Gasteiger partial charge in [-0.15, -0.1) is 0 Å². The van der Waals surface area contributed by atoms with E-state index in [1.807, 2.05) is 0 Å². The fourth-order valence-electron chi connectivity index (χ4n) is 4.56. The predicted molar refractivity (Wildman–Crippen MR) is 80.2 cm³/mol. The molecule has 0 bridgehead atoms. The summed E-state index contributed by atoms with van der Waals surface area (Å²) in [6.07, 6.45) is 8.21. The molecule has 0 spiro atoms. The lowest BCUT2D eigenvalue weighted by Gasteiger charge is -2.38. The molecule has 20 heavy (non-hydrogen) atoms. The van der Waals surface area contributed by atoms with Crippen LogP contribution in [0.3, 0.4) is 0 Å². The first-order valence-corrected chi connectivity index (χ1v) is 8.45. The molecule has 3 rings (SSSR count). The van der Waals surface area contributed by atoms with E-state index in [9.17, 15) is 4.79 Å². The van der Waals surface area contributed by atoms with E-state index in [1.165, 1.54) is 25.8 Å². The topological polar surface area (TPSA) is 58.4 Å². The summed E-state index contributed by atoms with van der Waals surface area (Å²) in [6.45, 7) is 4.60. The average Bonchev–Trinajstić information content (AvgIpc) is 2.85. The maximum Gasteiger partial charge on any atom is 0.225 e. The molecular formula is C16H29N3O. The van der Waals surface area contributed by atoms with Crippen LogP contribution in [0.4, 0.5) is 0 Å². The molecule has 3 aliphatic rings. The first-order chi connectivity index (χ1) is 9.65. The van der Waals surface area contributed by atoms with E-state index < -0.39 is 0 Å². The highest BCUT2D eigenvalue weighted by molar-refractivity contribution is 5.80. The molecule has 2 aliphatic heterocycles. The minimum atomic E-state index is 0.0327. The second-order valence-electron chi connectivity index (χ2n) is 7.16. The summed E-state index contributed by atoms with van der Waals surface area (Å²) < 4.78 is 0. The van der Waals surface area contributed by atoms with Gasteiger partial charge in [0.15, 0.2) is 0 Å². The molecule has 4 heteroatoms. The number of hydrogen-bond donors (Lipinski definition) is 2. The van der Waals surface area contributed by atoms with E-state index in [0.717, 1.165) is 32.2 Å². The molecular weight excluding hydrogens is 250 g/mol. The third-order valence-electron chi connectivity index (χ3n) is 5.74. The molecule has 0 radical (unpaired) electrons. The zero-order chi connectivity index (χ0) is 14.1. The molecule has 0 aromatic rings. The van der Waals surface area contributed by atoms with Crippen molar-refractivity contribution in [3.63, 3.8) is 0 Å². The summed E-state index contributed by atoms with van der Waals surface area (Å²) in [5, 5.41) is 3.32.